The van der Waals surface area contributed by atoms with E-state index in [-0.39, 0.29) is 23.9 Å². The fraction of sp³-hybridized carbons (Fsp3) is 0.357. The van der Waals surface area contributed by atoms with Gasteiger partial charge in [-0.05, 0) is 42.8 Å². The van der Waals surface area contributed by atoms with Gasteiger partial charge in [0.05, 0.1) is 12.1 Å². The van der Waals surface area contributed by atoms with E-state index >= 15 is 0 Å². The second kappa shape index (κ2) is 6.62. The van der Waals surface area contributed by atoms with E-state index in [1.54, 1.807) is 17.6 Å². The normalized spacial score (nSPS) is 11.3. The number of thiazole rings is 1. The molecule has 0 fully saturated rings. The predicted molar refractivity (Wildman–Crippen MR) is 90.2 cm³/mol. The van der Waals surface area contributed by atoms with Crippen LogP contribution >= 0.6 is 27.3 Å². The minimum absolute atomic E-state index is 0.0892. The largest absolute Gasteiger partial charge is 0.348 e. The lowest BCUT2D eigenvalue weighted by Crippen LogP contribution is -2.32. The SMILES string of the molecule is CC(C)(C)n1ccc(C(=O)NCC(=O)Nc2nc(Br)cs2)c1. The maximum absolute atomic E-state index is 12.0. The summed E-state index contributed by atoms with van der Waals surface area (Å²) >= 11 is 4.52. The summed E-state index contributed by atoms with van der Waals surface area (Å²) in [7, 11) is 0. The Bertz CT molecular complexity index is 687. The lowest BCUT2D eigenvalue weighted by molar-refractivity contribution is -0.115. The molecule has 2 amide bonds. The molecule has 0 unspecified atom stereocenters. The third kappa shape index (κ3) is 4.41. The van der Waals surface area contributed by atoms with Crippen molar-refractivity contribution in [1.29, 1.82) is 0 Å². The van der Waals surface area contributed by atoms with Gasteiger partial charge in [0.25, 0.3) is 5.91 Å². The zero-order valence-electron chi connectivity index (χ0n) is 12.5. The number of aromatic nitrogens is 2. The molecule has 0 saturated heterocycles. The first kappa shape index (κ1) is 16.7. The molecule has 0 saturated carbocycles. The number of halogens is 1. The number of nitrogens with one attached hydrogen (secondary N) is 2. The fourth-order valence-electron chi connectivity index (χ4n) is 1.69. The van der Waals surface area contributed by atoms with Gasteiger partial charge in [0.15, 0.2) is 5.13 Å². The molecule has 22 heavy (non-hydrogen) atoms. The summed E-state index contributed by atoms with van der Waals surface area (Å²) in [5.74, 6) is -0.594. The van der Waals surface area contributed by atoms with E-state index in [0.717, 1.165) is 0 Å². The van der Waals surface area contributed by atoms with Crippen molar-refractivity contribution >= 4 is 44.2 Å². The summed E-state index contributed by atoms with van der Waals surface area (Å²) in [6.07, 6.45) is 3.62. The average molecular weight is 385 g/mol. The van der Waals surface area contributed by atoms with Crippen LogP contribution in [0.5, 0.6) is 0 Å². The predicted octanol–water partition coefficient (Wildman–Crippen LogP) is 2.83. The minimum atomic E-state index is -0.314. The van der Waals surface area contributed by atoms with E-state index in [1.807, 2.05) is 31.5 Å². The molecule has 0 atom stereocenters. The Kier molecular flexibility index (Phi) is 5.02. The third-order valence-corrected chi connectivity index (χ3v) is 4.33. The number of hydrogen-bond donors (Lipinski definition) is 2. The molecule has 2 rings (SSSR count). The van der Waals surface area contributed by atoms with Gasteiger partial charge >= 0.3 is 0 Å². The van der Waals surface area contributed by atoms with Crippen molar-refractivity contribution in [2.24, 2.45) is 0 Å². The summed E-state index contributed by atoms with van der Waals surface area (Å²) < 4.78 is 2.62. The second-order valence-corrected chi connectivity index (χ2v) is 7.36. The zero-order chi connectivity index (χ0) is 16.3. The van der Waals surface area contributed by atoms with Crippen LogP contribution in [0.25, 0.3) is 0 Å². The first-order chi connectivity index (χ1) is 10.3. The van der Waals surface area contributed by atoms with Crippen LogP contribution in [0.2, 0.25) is 0 Å². The zero-order valence-corrected chi connectivity index (χ0v) is 14.9. The molecule has 2 heterocycles. The molecule has 8 heteroatoms. The standard InChI is InChI=1S/C14H17BrN4O2S/c1-14(2,3)19-5-4-9(7-19)12(21)16-6-11(20)18-13-17-10(15)8-22-13/h4-5,7-8H,6H2,1-3H3,(H,16,21)(H,17,18,20). The van der Waals surface area contributed by atoms with E-state index < -0.39 is 0 Å². The molecule has 0 aliphatic rings. The van der Waals surface area contributed by atoms with Gasteiger partial charge in [-0.2, -0.15) is 0 Å². The van der Waals surface area contributed by atoms with Gasteiger partial charge in [0.1, 0.15) is 4.60 Å². The number of carbonyl (C=O) groups is 2. The number of rotatable bonds is 4. The van der Waals surface area contributed by atoms with Gasteiger partial charge in [0.2, 0.25) is 5.91 Å². The van der Waals surface area contributed by atoms with Crippen molar-refractivity contribution in [2.45, 2.75) is 26.3 Å². The third-order valence-electron chi connectivity index (χ3n) is 2.86. The Balaban J connectivity index is 1.87. The Labute approximate surface area is 141 Å². The molecule has 6 nitrogen and oxygen atoms in total. The van der Waals surface area contributed by atoms with Gasteiger partial charge in [-0.1, -0.05) is 0 Å². The molecule has 2 N–H and O–H groups in total. The quantitative estimate of drug-likeness (QED) is 0.850. The van der Waals surface area contributed by atoms with Gasteiger partial charge in [0, 0.05) is 23.3 Å². The molecule has 0 aromatic carbocycles. The lowest BCUT2D eigenvalue weighted by Gasteiger charge is -2.20. The van der Waals surface area contributed by atoms with Crippen LogP contribution in [0.15, 0.2) is 28.4 Å². The smallest absolute Gasteiger partial charge is 0.253 e. The van der Waals surface area contributed by atoms with Crippen molar-refractivity contribution in [3.8, 4) is 0 Å². The van der Waals surface area contributed by atoms with Crippen LogP contribution in [0.1, 0.15) is 31.1 Å². The summed E-state index contributed by atoms with van der Waals surface area (Å²) in [4.78, 5) is 27.8. The van der Waals surface area contributed by atoms with Crippen LogP contribution in [0, 0.1) is 0 Å². The molecule has 0 radical (unpaired) electrons. The van der Waals surface area contributed by atoms with Gasteiger partial charge in [-0.15, -0.1) is 11.3 Å². The molecule has 0 bridgehead atoms. The first-order valence-electron chi connectivity index (χ1n) is 6.63. The highest BCUT2D eigenvalue weighted by Gasteiger charge is 2.15. The Morgan fingerprint density at radius 3 is 2.68 bits per heavy atom. The second-order valence-electron chi connectivity index (χ2n) is 5.68. The molecule has 0 aliphatic heterocycles. The Hall–Kier alpha value is -1.67. The van der Waals surface area contributed by atoms with E-state index in [4.69, 9.17) is 0 Å². The highest BCUT2D eigenvalue weighted by atomic mass is 79.9. The van der Waals surface area contributed by atoms with Crippen LogP contribution < -0.4 is 10.6 Å². The lowest BCUT2D eigenvalue weighted by atomic mass is 10.1. The number of amides is 2. The molecule has 0 spiro atoms. The first-order valence-corrected chi connectivity index (χ1v) is 8.30. The maximum atomic E-state index is 12.0. The highest BCUT2D eigenvalue weighted by Crippen LogP contribution is 2.19. The van der Waals surface area contributed by atoms with Crippen molar-refractivity contribution in [2.75, 3.05) is 11.9 Å². The average Bonchev–Trinajstić information content (AvgIpc) is 3.04. The Morgan fingerprint density at radius 2 is 2.14 bits per heavy atom. The van der Waals surface area contributed by atoms with Gasteiger partial charge < -0.3 is 15.2 Å². The van der Waals surface area contributed by atoms with Crippen LogP contribution in [-0.4, -0.2) is 27.9 Å². The summed E-state index contributed by atoms with van der Waals surface area (Å²) in [6, 6.07) is 1.73. The van der Waals surface area contributed by atoms with E-state index in [0.29, 0.717) is 15.3 Å². The van der Waals surface area contributed by atoms with Crippen molar-refractivity contribution < 1.29 is 9.59 Å². The van der Waals surface area contributed by atoms with Crippen LogP contribution in [0.4, 0.5) is 5.13 Å². The number of hydrogen-bond acceptors (Lipinski definition) is 4. The van der Waals surface area contributed by atoms with Crippen molar-refractivity contribution in [3.05, 3.63) is 34.0 Å². The van der Waals surface area contributed by atoms with Crippen molar-refractivity contribution in [3.63, 3.8) is 0 Å². The van der Waals surface area contributed by atoms with Gasteiger partial charge in [-0.25, -0.2) is 4.98 Å². The van der Waals surface area contributed by atoms with Crippen molar-refractivity contribution in [1.82, 2.24) is 14.9 Å². The number of carbonyl (C=O) groups excluding carboxylic acids is 2. The molecule has 2 aromatic heterocycles. The molecular weight excluding hydrogens is 368 g/mol. The van der Waals surface area contributed by atoms with E-state index in [2.05, 4.69) is 31.5 Å². The van der Waals surface area contributed by atoms with Crippen LogP contribution in [-0.2, 0) is 10.3 Å². The molecular formula is C14H17BrN4O2S. The molecule has 2 aromatic rings. The van der Waals surface area contributed by atoms with Gasteiger partial charge in [-0.3, -0.25) is 9.59 Å². The number of anilines is 1. The summed E-state index contributed by atoms with van der Waals surface area (Å²) in [5.41, 5.74) is 0.438. The topological polar surface area (TPSA) is 76.0 Å². The maximum Gasteiger partial charge on any atom is 0.253 e. The summed E-state index contributed by atoms with van der Waals surface area (Å²) in [6.45, 7) is 6.05. The molecule has 118 valence electrons. The summed E-state index contributed by atoms with van der Waals surface area (Å²) in [5, 5.41) is 7.47. The fourth-order valence-corrected chi connectivity index (χ4v) is 2.85. The van der Waals surface area contributed by atoms with Crippen LogP contribution in [0.3, 0.4) is 0 Å². The van der Waals surface area contributed by atoms with E-state index in [1.165, 1.54) is 11.3 Å². The highest BCUT2D eigenvalue weighted by molar-refractivity contribution is 9.10. The molecule has 0 aliphatic carbocycles. The number of nitrogens with zero attached hydrogens (tertiary/aromatic N) is 2. The monoisotopic (exact) mass is 384 g/mol. The minimum Gasteiger partial charge on any atom is -0.348 e. The Morgan fingerprint density at radius 1 is 1.41 bits per heavy atom. The van der Waals surface area contributed by atoms with E-state index in [9.17, 15) is 9.59 Å².